The summed E-state index contributed by atoms with van der Waals surface area (Å²) in [4.78, 5) is 0. The Balaban J connectivity index is 2.55. The molecule has 2 heteroatoms. The van der Waals surface area contributed by atoms with E-state index in [9.17, 15) is 0 Å². The van der Waals surface area contributed by atoms with Crippen LogP contribution in [0, 0.1) is 19.8 Å². The van der Waals surface area contributed by atoms with E-state index in [1.54, 1.807) is 0 Å². The van der Waals surface area contributed by atoms with Gasteiger partial charge in [0.25, 0.3) is 0 Å². The van der Waals surface area contributed by atoms with Crippen molar-refractivity contribution in [1.82, 2.24) is 5.32 Å². The Morgan fingerprint density at radius 3 is 2.22 bits per heavy atom. The molecule has 0 aliphatic heterocycles. The van der Waals surface area contributed by atoms with E-state index in [0.29, 0.717) is 12.0 Å². The third-order valence-corrected chi connectivity index (χ3v) is 3.09. The van der Waals surface area contributed by atoms with Gasteiger partial charge in [-0.1, -0.05) is 26.8 Å². The third-order valence-electron chi connectivity index (χ3n) is 3.09. The fraction of sp³-hybridized carbons (Fsp3) is 0.625. The maximum absolute atomic E-state index is 5.93. The quantitative estimate of drug-likeness (QED) is 0.795. The van der Waals surface area contributed by atoms with Crippen molar-refractivity contribution in [3.63, 3.8) is 0 Å². The summed E-state index contributed by atoms with van der Waals surface area (Å²) in [7, 11) is 0. The molecular weight excluding hydrogens is 222 g/mol. The minimum absolute atomic E-state index is 0.422. The highest BCUT2D eigenvalue weighted by atomic mass is 16.5. The first-order chi connectivity index (χ1) is 8.52. The van der Waals surface area contributed by atoms with Crippen molar-refractivity contribution in [2.45, 2.75) is 47.1 Å². The van der Waals surface area contributed by atoms with Crippen molar-refractivity contribution in [3.05, 3.63) is 29.3 Å². The Kier molecular flexibility index (Phi) is 6.20. The maximum atomic E-state index is 5.93. The van der Waals surface area contributed by atoms with Crippen LogP contribution >= 0.6 is 0 Å². The molecule has 1 unspecified atom stereocenters. The molecule has 0 heterocycles. The van der Waals surface area contributed by atoms with E-state index in [1.807, 2.05) is 0 Å². The van der Waals surface area contributed by atoms with E-state index < -0.39 is 0 Å². The monoisotopic (exact) mass is 249 g/mol. The van der Waals surface area contributed by atoms with Crippen molar-refractivity contribution >= 4 is 0 Å². The number of nitrogens with one attached hydrogen (secondary N) is 1. The third kappa shape index (κ3) is 5.09. The second-order valence-corrected chi connectivity index (χ2v) is 5.44. The van der Waals surface area contributed by atoms with Gasteiger partial charge in [-0.05, 0) is 56.0 Å². The molecule has 0 fully saturated rings. The first-order valence-electron chi connectivity index (χ1n) is 6.97. The predicted molar refractivity (Wildman–Crippen MR) is 78.3 cm³/mol. The van der Waals surface area contributed by atoms with E-state index >= 15 is 0 Å². The Morgan fingerprint density at radius 2 is 1.72 bits per heavy atom. The van der Waals surface area contributed by atoms with Gasteiger partial charge in [0, 0.05) is 6.04 Å². The minimum Gasteiger partial charge on any atom is -0.492 e. The number of benzene rings is 1. The summed E-state index contributed by atoms with van der Waals surface area (Å²) in [5.74, 6) is 1.57. The van der Waals surface area contributed by atoms with Crippen LogP contribution in [0.5, 0.6) is 5.75 Å². The highest BCUT2D eigenvalue weighted by molar-refractivity contribution is 5.33. The molecule has 0 radical (unpaired) electrons. The smallest absolute Gasteiger partial charge is 0.119 e. The summed E-state index contributed by atoms with van der Waals surface area (Å²) in [5.41, 5.74) is 2.51. The molecule has 1 rings (SSSR count). The molecule has 0 saturated carbocycles. The molecule has 0 aromatic heterocycles. The molecule has 0 amide bonds. The molecule has 0 saturated heterocycles. The zero-order valence-corrected chi connectivity index (χ0v) is 12.4. The molecule has 1 atom stereocenters. The molecule has 0 aliphatic rings. The summed E-state index contributed by atoms with van der Waals surface area (Å²) in [5, 5.41) is 3.54. The van der Waals surface area contributed by atoms with Crippen LogP contribution in [0.2, 0.25) is 0 Å². The molecule has 0 bridgehead atoms. The van der Waals surface area contributed by atoms with Gasteiger partial charge in [0.05, 0.1) is 0 Å². The largest absolute Gasteiger partial charge is 0.492 e. The minimum atomic E-state index is 0.422. The summed E-state index contributed by atoms with van der Waals surface area (Å²) < 4.78 is 5.93. The van der Waals surface area contributed by atoms with Crippen LogP contribution in [0.1, 0.15) is 38.3 Å². The first-order valence-corrected chi connectivity index (χ1v) is 6.97. The lowest BCUT2D eigenvalue weighted by atomic mass is 10.1. The van der Waals surface area contributed by atoms with E-state index in [2.05, 4.69) is 58.1 Å². The van der Waals surface area contributed by atoms with E-state index in [0.717, 1.165) is 25.3 Å². The van der Waals surface area contributed by atoms with Crippen LogP contribution < -0.4 is 10.1 Å². The van der Waals surface area contributed by atoms with E-state index in [4.69, 9.17) is 4.74 Å². The second kappa shape index (κ2) is 7.42. The van der Waals surface area contributed by atoms with Gasteiger partial charge in [-0.25, -0.2) is 0 Å². The van der Waals surface area contributed by atoms with Crippen LogP contribution in [0.15, 0.2) is 18.2 Å². The normalized spacial score (nSPS) is 12.8. The fourth-order valence-electron chi connectivity index (χ4n) is 2.02. The molecule has 1 N–H and O–H groups in total. The van der Waals surface area contributed by atoms with Crippen LogP contribution in [-0.2, 0) is 0 Å². The molecule has 2 nitrogen and oxygen atoms in total. The number of ether oxygens (including phenoxy) is 1. The van der Waals surface area contributed by atoms with Gasteiger partial charge >= 0.3 is 0 Å². The molecule has 0 spiro atoms. The second-order valence-electron chi connectivity index (χ2n) is 5.44. The maximum Gasteiger partial charge on any atom is 0.119 e. The topological polar surface area (TPSA) is 21.3 Å². The van der Waals surface area contributed by atoms with Crippen LogP contribution in [0.25, 0.3) is 0 Å². The van der Waals surface area contributed by atoms with Gasteiger partial charge in [0.1, 0.15) is 12.4 Å². The Labute approximate surface area is 112 Å². The van der Waals surface area contributed by atoms with Gasteiger partial charge in [-0.2, -0.15) is 0 Å². The standard InChI is InChI=1S/C16H27NO/c1-6-7-17-16(12(2)3)11-18-15-9-13(4)8-14(5)10-15/h8-10,12,16-17H,6-7,11H2,1-5H3. The van der Waals surface area contributed by atoms with Crippen molar-refractivity contribution in [2.75, 3.05) is 13.2 Å². The Morgan fingerprint density at radius 1 is 1.11 bits per heavy atom. The average Bonchev–Trinajstić information content (AvgIpc) is 2.27. The molecule has 1 aromatic rings. The molecular formula is C16H27NO. The predicted octanol–water partition coefficient (Wildman–Crippen LogP) is 3.71. The van der Waals surface area contributed by atoms with E-state index in [-0.39, 0.29) is 0 Å². The molecule has 0 aliphatic carbocycles. The van der Waals surface area contributed by atoms with Crippen LogP contribution in [-0.4, -0.2) is 19.2 Å². The highest BCUT2D eigenvalue weighted by Gasteiger charge is 2.13. The first kappa shape index (κ1) is 15.0. The Bertz CT molecular complexity index is 340. The zero-order chi connectivity index (χ0) is 13.5. The lowest BCUT2D eigenvalue weighted by Crippen LogP contribution is -2.39. The lowest BCUT2D eigenvalue weighted by molar-refractivity contribution is 0.230. The average molecular weight is 249 g/mol. The SMILES string of the molecule is CCCNC(COc1cc(C)cc(C)c1)C(C)C. The molecule has 18 heavy (non-hydrogen) atoms. The summed E-state index contributed by atoms with van der Waals surface area (Å²) in [6, 6.07) is 6.79. The number of hydrogen-bond donors (Lipinski definition) is 1. The number of aryl methyl sites for hydroxylation is 2. The zero-order valence-electron chi connectivity index (χ0n) is 12.4. The van der Waals surface area contributed by atoms with Crippen molar-refractivity contribution < 1.29 is 4.74 Å². The van der Waals surface area contributed by atoms with Crippen molar-refractivity contribution in [2.24, 2.45) is 5.92 Å². The van der Waals surface area contributed by atoms with Crippen molar-refractivity contribution in [1.29, 1.82) is 0 Å². The number of hydrogen-bond acceptors (Lipinski definition) is 2. The van der Waals surface area contributed by atoms with Gasteiger partial charge in [-0.3, -0.25) is 0 Å². The van der Waals surface area contributed by atoms with Crippen LogP contribution in [0.3, 0.4) is 0 Å². The van der Waals surface area contributed by atoms with Gasteiger partial charge in [0.15, 0.2) is 0 Å². The van der Waals surface area contributed by atoms with Gasteiger partial charge in [-0.15, -0.1) is 0 Å². The summed E-state index contributed by atoms with van der Waals surface area (Å²) in [6.45, 7) is 12.7. The molecule has 1 aromatic carbocycles. The highest BCUT2D eigenvalue weighted by Crippen LogP contribution is 2.17. The summed E-state index contributed by atoms with van der Waals surface area (Å²) >= 11 is 0. The molecule has 102 valence electrons. The van der Waals surface area contributed by atoms with Crippen molar-refractivity contribution in [3.8, 4) is 5.75 Å². The summed E-state index contributed by atoms with van der Waals surface area (Å²) in [6.07, 6.45) is 1.16. The van der Waals surface area contributed by atoms with Gasteiger partial charge in [0.2, 0.25) is 0 Å². The van der Waals surface area contributed by atoms with Gasteiger partial charge < -0.3 is 10.1 Å². The number of rotatable bonds is 7. The van der Waals surface area contributed by atoms with Crippen LogP contribution in [0.4, 0.5) is 0 Å². The lowest BCUT2D eigenvalue weighted by Gasteiger charge is -2.22. The Hall–Kier alpha value is -1.02. The fourth-order valence-corrected chi connectivity index (χ4v) is 2.02. The van der Waals surface area contributed by atoms with E-state index in [1.165, 1.54) is 11.1 Å².